The average Bonchev–Trinajstić information content (AvgIpc) is 2.56. The van der Waals surface area contributed by atoms with Crippen molar-refractivity contribution in [2.75, 3.05) is 0 Å². The van der Waals surface area contributed by atoms with Gasteiger partial charge in [0.05, 0.1) is 0 Å². The summed E-state index contributed by atoms with van der Waals surface area (Å²) in [6.45, 7) is 0. The molecule has 0 spiro atoms. The molecule has 0 atom stereocenters. The molecule has 0 bridgehead atoms. The van der Waals surface area contributed by atoms with Crippen molar-refractivity contribution in [2.45, 2.75) is 5.60 Å². The van der Waals surface area contributed by atoms with Crippen LogP contribution in [0, 0.1) is 0 Å². The van der Waals surface area contributed by atoms with E-state index in [0.717, 1.165) is 16.7 Å². The third-order valence-corrected chi connectivity index (χ3v) is 6.29. The fourth-order valence-corrected chi connectivity index (χ4v) is 5.36. The zero-order valence-corrected chi connectivity index (χ0v) is 12.9. The van der Waals surface area contributed by atoms with Crippen LogP contribution >= 0.6 is 0 Å². The summed E-state index contributed by atoms with van der Waals surface area (Å²) in [6, 6.07) is 20.2. The van der Waals surface area contributed by atoms with Gasteiger partial charge in [0.2, 0.25) is 0 Å². The average molecular weight is 338 g/mol. The van der Waals surface area contributed by atoms with Crippen molar-refractivity contribution in [3.8, 4) is 0 Å². The maximum atomic E-state index is 11.6. The molecule has 1 N–H and O–H groups in total. The van der Waals surface area contributed by atoms with Crippen LogP contribution in [0.4, 0.5) is 0 Å². The van der Waals surface area contributed by atoms with Crippen LogP contribution in [0.2, 0.25) is 0 Å². The molecule has 0 aliphatic carbocycles. The number of pyridine rings is 1. The Morgan fingerprint density at radius 2 is 1.29 bits per heavy atom. The van der Waals surface area contributed by atoms with Crippen LogP contribution in [0.3, 0.4) is 0 Å². The SMILES string of the molecule is OC1(c2ccncc2)c2ccccc2[Se]c2ccccc21. The van der Waals surface area contributed by atoms with Gasteiger partial charge in [-0.25, -0.2) is 0 Å². The Bertz CT molecular complexity index is 756. The van der Waals surface area contributed by atoms with Crippen LogP contribution in [0.25, 0.3) is 0 Å². The van der Waals surface area contributed by atoms with Gasteiger partial charge in [-0.3, -0.25) is 0 Å². The minimum atomic E-state index is -1.09. The molecule has 0 fully saturated rings. The first-order chi connectivity index (χ1) is 10.3. The fraction of sp³-hybridized carbons (Fsp3) is 0.0556. The molecule has 1 aliphatic heterocycles. The molecule has 3 aromatic rings. The molecule has 4 rings (SSSR count). The predicted molar refractivity (Wildman–Crippen MR) is 84.2 cm³/mol. The van der Waals surface area contributed by atoms with Crippen molar-refractivity contribution in [1.82, 2.24) is 4.98 Å². The van der Waals surface area contributed by atoms with E-state index < -0.39 is 5.60 Å². The topological polar surface area (TPSA) is 33.1 Å². The third kappa shape index (κ3) is 1.86. The molecule has 0 unspecified atom stereocenters. The van der Waals surface area contributed by atoms with Crippen molar-refractivity contribution in [2.24, 2.45) is 0 Å². The number of aliphatic hydroxyl groups is 1. The van der Waals surface area contributed by atoms with Gasteiger partial charge in [-0.1, -0.05) is 0 Å². The number of aromatic nitrogens is 1. The van der Waals surface area contributed by atoms with Crippen LogP contribution < -0.4 is 8.92 Å². The van der Waals surface area contributed by atoms with E-state index >= 15 is 0 Å². The molecule has 21 heavy (non-hydrogen) atoms. The maximum absolute atomic E-state index is 11.6. The fourth-order valence-electron chi connectivity index (χ4n) is 2.88. The van der Waals surface area contributed by atoms with Crippen molar-refractivity contribution < 1.29 is 5.11 Å². The van der Waals surface area contributed by atoms with E-state index in [9.17, 15) is 5.11 Å². The molecule has 0 saturated carbocycles. The van der Waals surface area contributed by atoms with Gasteiger partial charge in [-0.15, -0.1) is 0 Å². The Morgan fingerprint density at radius 1 is 0.762 bits per heavy atom. The molecule has 102 valence electrons. The number of hydrogen-bond acceptors (Lipinski definition) is 2. The normalized spacial score (nSPS) is 15.1. The van der Waals surface area contributed by atoms with Crippen LogP contribution in [0.5, 0.6) is 0 Å². The molecule has 2 heterocycles. The van der Waals surface area contributed by atoms with E-state index in [4.69, 9.17) is 0 Å². The standard InChI is InChI=1S/C18H13NOSe/c20-18(13-9-11-19-12-10-13)14-5-1-3-7-16(14)21-17-8-4-2-6-15(17)18/h1-12,20H. The van der Waals surface area contributed by atoms with Crippen LogP contribution in [0.1, 0.15) is 16.7 Å². The molecule has 1 aromatic heterocycles. The van der Waals surface area contributed by atoms with E-state index in [1.807, 2.05) is 48.5 Å². The molecule has 2 aromatic carbocycles. The Hall–Kier alpha value is -1.93. The Kier molecular flexibility index (Phi) is 2.93. The minimum absolute atomic E-state index is 0.229. The van der Waals surface area contributed by atoms with Crippen LogP contribution in [0.15, 0.2) is 73.1 Å². The third-order valence-electron chi connectivity index (χ3n) is 3.87. The molecule has 0 radical (unpaired) electrons. The number of rotatable bonds is 1. The van der Waals surface area contributed by atoms with E-state index in [2.05, 4.69) is 17.1 Å². The second-order valence-electron chi connectivity index (χ2n) is 5.04. The molecule has 0 amide bonds. The number of hydrogen-bond donors (Lipinski definition) is 1. The second kappa shape index (κ2) is 4.81. The van der Waals surface area contributed by atoms with Crippen molar-refractivity contribution >= 4 is 23.9 Å². The summed E-state index contributed by atoms with van der Waals surface area (Å²) in [6.07, 6.45) is 3.47. The Morgan fingerprint density at radius 3 is 1.86 bits per heavy atom. The quantitative estimate of drug-likeness (QED) is 0.679. The molecule has 1 aliphatic rings. The molecule has 2 nitrogen and oxygen atoms in total. The van der Waals surface area contributed by atoms with Crippen molar-refractivity contribution in [3.63, 3.8) is 0 Å². The van der Waals surface area contributed by atoms with Gasteiger partial charge in [0.1, 0.15) is 0 Å². The van der Waals surface area contributed by atoms with E-state index in [1.165, 1.54) is 8.92 Å². The summed E-state index contributed by atoms with van der Waals surface area (Å²) in [7, 11) is 0. The molecular weight excluding hydrogens is 325 g/mol. The van der Waals surface area contributed by atoms with Crippen LogP contribution in [-0.4, -0.2) is 25.0 Å². The van der Waals surface area contributed by atoms with Gasteiger partial charge in [0.25, 0.3) is 0 Å². The van der Waals surface area contributed by atoms with E-state index in [-0.39, 0.29) is 15.0 Å². The van der Waals surface area contributed by atoms with Gasteiger partial charge in [0, 0.05) is 0 Å². The number of nitrogens with zero attached hydrogens (tertiary/aromatic N) is 1. The van der Waals surface area contributed by atoms with Gasteiger partial charge < -0.3 is 0 Å². The molecular formula is C18H13NOSe. The Balaban J connectivity index is 2.06. The van der Waals surface area contributed by atoms with Crippen molar-refractivity contribution in [3.05, 3.63) is 89.7 Å². The van der Waals surface area contributed by atoms with E-state index in [1.54, 1.807) is 12.4 Å². The summed E-state index contributed by atoms with van der Waals surface area (Å²) < 4.78 is 2.48. The van der Waals surface area contributed by atoms with Gasteiger partial charge in [-0.05, 0) is 0 Å². The predicted octanol–water partition coefficient (Wildman–Crippen LogP) is 1.33. The van der Waals surface area contributed by atoms with Crippen LogP contribution in [-0.2, 0) is 5.60 Å². The monoisotopic (exact) mass is 339 g/mol. The summed E-state index contributed by atoms with van der Waals surface area (Å²) >= 11 is 0.229. The summed E-state index contributed by atoms with van der Waals surface area (Å²) in [5.74, 6) is 0. The first-order valence-electron chi connectivity index (χ1n) is 6.80. The molecule has 3 heteroatoms. The summed E-state index contributed by atoms with van der Waals surface area (Å²) in [4.78, 5) is 4.08. The Labute approximate surface area is 129 Å². The zero-order chi connectivity index (χ0) is 14.3. The summed E-state index contributed by atoms with van der Waals surface area (Å²) in [5.41, 5.74) is 1.77. The second-order valence-corrected chi connectivity index (χ2v) is 7.31. The van der Waals surface area contributed by atoms with Gasteiger partial charge >= 0.3 is 129 Å². The van der Waals surface area contributed by atoms with Crippen molar-refractivity contribution in [1.29, 1.82) is 0 Å². The molecule has 0 saturated heterocycles. The van der Waals surface area contributed by atoms with Gasteiger partial charge in [-0.2, -0.15) is 0 Å². The number of benzene rings is 2. The summed E-state index contributed by atoms with van der Waals surface area (Å²) in [5, 5.41) is 11.6. The first-order valence-corrected chi connectivity index (χ1v) is 8.51. The first kappa shape index (κ1) is 12.8. The van der Waals surface area contributed by atoms with E-state index in [0.29, 0.717) is 0 Å². The number of fused-ring (bicyclic) bond motifs is 2. The van der Waals surface area contributed by atoms with Gasteiger partial charge in [0.15, 0.2) is 0 Å². The zero-order valence-electron chi connectivity index (χ0n) is 11.2.